The Kier molecular flexibility index (Phi) is 4.03. The molecule has 0 radical (unpaired) electrons. The highest BCUT2D eigenvalue weighted by atomic mass is 19.1. The lowest BCUT2D eigenvalue weighted by molar-refractivity contribution is -0.123. The molecule has 1 amide bonds. The number of carbonyl (C=O) groups excluding carboxylic acids is 1. The maximum Gasteiger partial charge on any atom is 0.246 e. The van der Waals surface area contributed by atoms with Gasteiger partial charge in [0.25, 0.3) is 0 Å². The number of nitrogens with one attached hydrogen (secondary N) is 1. The first kappa shape index (κ1) is 16.2. The van der Waals surface area contributed by atoms with Crippen molar-refractivity contribution in [1.29, 1.82) is 0 Å². The lowest BCUT2D eigenvalue weighted by Gasteiger charge is -2.23. The van der Waals surface area contributed by atoms with Crippen LogP contribution in [0.25, 0.3) is 11.1 Å². The van der Waals surface area contributed by atoms with Crippen molar-refractivity contribution in [1.82, 2.24) is 5.32 Å². The molecule has 1 fully saturated rings. The highest BCUT2D eigenvalue weighted by Crippen LogP contribution is 2.33. The van der Waals surface area contributed by atoms with Gasteiger partial charge in [0.05, 0.1) is 6.10 Å². The second kappa shape index (κ2) is 6.22. The van der Waals surface area contributed by atoms with Crippen LogP contribution in [0.1, 0.15) is 5.56 Å². The number of aliphatic hydroxyl groups is 2. The molecule has 130 valence electrons. The first-order chi connectivity index (χ1) is 12.0. The molecule has 25 heavy (non-hydrogen) atoms. The zero-order valence-corrected chi connectivity index (χ0v) is 13.5. The first-order valence-electron chi connectivity index (χ1n) is 8.34. The lowest BCUT2D eigenvalue weighted by Crippen LogP contribution is -2.48. The Hall–Kier alpha value is -2.28. The van der Waals surface area contributed by atoms with Gasteiger partial charge in [0.15, 0.2) is 0 Å². The van der Waals surface area contributed by atoms with Gasteiger partial charge >= 0.3 is 0 Å². The number of anilines is 1. The van der Waals surface area contributed by atoms with Gasteiger partial charge in [-0.05, 0) is 47.4 Å². The van der Waals surface area contributed by atoms with Crippen molar-refractivity contribution in [2.24, 2.45) is 0 Å². The number of halogens is 1. The van der Waals surface area contributed by atoms with Crippen LogP contribution in [0.15, 0.2) is 42.5 Å². The van der Waals surface area contributed by atoms with Gasteiger partial charge in [0, 0.05) is 18.8 Å². The molecule has 0 unspecified atom stereocenters. The fourth-order valence-corrected chi connectivity index (χ4v) is 3.59. The number of rotatable bonds is 2. The maximum absolute atomic E-state index is 13.4. The fourth-order valence-electron chi connectivity index (χ4n) is 3.59. The number of aliphatic hydroxyl groups excluding tert-OH is 2. The van der Waals surface area contributed by atoms with Gasteiger partial charge in [-0.2, -0.15) is 0 Å². The molecule has 2 aliphatic heterocycles. The summed E-state index contributed by atoms with van der Waals surface area (Å²) in [5.74, 6) is -0.518. The molecule has 0 aliphatic carbocycles. The summed E-state index contributed by atoms with van der Waals surface area (Å²) in [7, 11) is 0. The topological polar surface area (TPSA) is 72.8 Å². The zero-order chi connectivity index (χ0) is 17.6. The highest BCUT2D eigenvalue weighted by Gasteiger charge is 2.41. The van der Waals surface area contributed by atoms with E-state index in [1.54, 1.807) is 11.0 Å². The largest absolute Gasteiger partial charge is 0.389 e. The van der Waals surface area contributed by atoms with Crippen molar-refractivity contribution in [3.8, 4) is 11.1 Å². The maximum atomic E-state index is 13.4. The summed E-state index contributed by atoms with van der Waals surface area (Å²) in [5.41, 5.74) is 3.52. The summed E-state index contributed by atoms with van der Waals surface area (Å²) >= 11 is 0. The van der Waals surface area contributed by atoms with Crippen LogP contribution >= 0.6 is 0 Å². The molecule has 2 aromatic rings. The Morgan fingerprint density at radius 1 is 1.16 bits per heavy atom. The Balaban J connectivity index is 1.60. The minimum absolute atomic E-state index is 0.205. The van der Waals surface area contributed by atoms with E-state index in [9.17, 15) is 19.4 Å². The molecule has 1 saturated heterocycles. The molecule has 0 saturated carbocycles. The first-order valence-corrected chi connectivity index (χ1v) is 8.34. The Bertz CT molecular complexity index is 826. The van der Waals surface area contributed by atoms with Gasteiger partial charge in [-0.1, -0.05) is 18.2 Å². The number of nitrogens with zero attached hydrogens (tertiary/aromatic N) is 1. The quantitative estimate of drug-likeness (QED) is 0.764. The highest BCUT2D eigenvalue weighted by molar-refractivity contribution is 6.00. The number of hydrogen-bond donors (Lipinski definition) is 3. The lowest BCUT2D eigenvalue weighted by atomic mass is 10.0. The molecule has 3 N–H and O–H groups in total. The molecule has 2 aromatic carbocycles. The Labute approximate surface area is 144 Å². The SMILES string of the molecule is O=C([C@@H]1NC[C@@H](O)[C@H]1O)N1CCc2cc(-c3cccc(F)c3)ccc21. The van der Waals surface area contributed by atoms with E-state index in [1.165, 1.54) is 12.1 Å². The summed E-state index contributed by atoms with van der Waals surface area (Å²) in [6, 6.07) is 11.3. The van der Waals surface area contributed by atoms with Crippen LogP contribution in [0.4, 0.5) is 10.1 Å². The van der Waals surface area contributed by atoms with E-state index in [1.807, 2.05) is 24.3 Å². The van der Waals surface area contributed by atoms with Gasteiger partial charge in [-0.3, -0.25) is 4.79 Å². The molecule has 4 rings (SSSR count). The molecule has 0 aromatic heterocycles. The third kappa shape index (κ3) is 2.82. The van der Waals surface area contributed by atoms with E-state index in [0.29, 0.717) is 13.0 Å². The van der Waals surface area contributed by atoms with E-state index < -0.39 is 18.2 Å². The predicted octanol–water partition coefficient (Wildman–Crippen LogP) is 1.08. The van der Waals surface area contributed by atoms with E-state index in [4.69, 9.17) is 0 Å². The summed E-state index contributed by atoms with van der Waals surface area (Å²) in [6.07, 6.45) is -1.32. The molecule has 2 heterocycles. The molecule has 3 atom stereocenters. The van der Waals surface area contributed by atoms with Gasteiger partial charge in [-0.15, -0.1) is 0 Å². The average Bonchev–Trinajstić information content (AvgIpc) is 3.18. The standard InChI is InChI=1S/C19H19FN2O3/c20-14-3-1-2-11(9-14)12-4-5-15-13(8-12)6-7-22(15)19(25)17-18(24)16(23)10-21-17/h1-5,8-9,16-18,21,23-24H,6-7,10H2/t16-,17-,18-/m1/s1. The fraction of sp³-hybridized carbons (Fsp3) is 0.316. The predicted molar refractivity (Wildman–Crippen MR) is 91.7 cm³/mol. The second-order valence-corrected chi connectivity index (χ2v) is 6.54. The van der Waals surface area contributed by atoms with E-state index in [0.717, 1.165) is 22.4 Å². The van der Waals surface area contributed by atoms with Gasteiger partial charge in [-0.25, -0.2) is 4.39 Å². The molecule has 2 aliphatic rings. The molecule has 5 nitrogen and oxygen atoms in total. The summed E-state index contributed by atoms with van der Waals surface area (Å²) < 4.78 is 13.4. The van der Waals surface area contributed by atoms with Crippen molar-refractivity contribution in [2.75, 3.05) is 18.0 Å². The number of amides is 1. The van der Waals surface area contributed by atoms with Crippen molar-refractivity contribution in [3.05, 3.63) is 53.8 Å². The van der Waals surface area contributed by atoms with Gasteiger partial charge < -0.3 is 20.4 Å². The average molecular weight is 342 g/mol. The van der Waals surface area contributed by atoms with Gasteiger partial charge in [0.1, 0.15) is 18.0 Å². The summed E-state index contributed by atoms with van der Waals surface area (Å²) in [4.78, 5) is 14.4. The van der Waals surface area contributed by atoms with Crippen LogP contribution in [-0.4, -0.2) is 47.5 Å². The number of β-amino-alcohol motifs (C(OH)–C–C–N with tert-alkyl or cyclic N) is 1. The minimum atomic E-state index is -1.09. The summed E-state index contributed by atoms with van der Waals surface area (Å²) in [6.45, 7) is 0.735. The van der Waals surface area contributed by atoms with E-state index in [-0.39, 0.29) is 18.3 Å². The Morgan fingerprint density at radius 3 is 2.68 bits per heavy atom. The van der Waals surface area contributed by atoms with E-state index >= 15 is 0 Å². The van der Waals surface area contributed by atoms with Gasteiger partial charge in [0.2, 0.25) is 5.91 Å². The smallest absolute Gasteiger partial charge is 0.246 e. The molecule has 0 bridgehead atoms. The third-order valence-corrected chi connectivity index (χ3v) is 4.95. The number of hydrogen-bond acceptors (Lipinski definition) is 4. The third-order valence-electron chi connectivity index (χ3n) is 4.95. The summed E-state index contributed by atoms with van der Waals surface area (Å²) in [5, 5.41) is 22.5. The number of carbonyl (C=O) groups is 1. The zero-order valence-electron chi connectivity index (χ0n) is 13.5. The normalized spacial score (nSPS) is 25.2. The Morgan fingerprint density at radius 2 is 1.96 bits per heavy atom. The minimum Gasteiger partial charge on any atom is -0.389 e. The molecular weight excluding hydrogens is 323 g/mol. The molecule has 0 spiro atoms. The van der Waals surface area contributed by atoms with Crippen LogP contribution in [0.5, 0.6) is 0 Å². The molecular formula is C19H19FN2O3. The number of fused-ring (bicyclic) bond motifs is 1. The van der Waals surface area contributed by atoms with Crippen molar-refractivity contribution in [2.45, 2.75) is 24.7 Å². The van der Waals surface area contributed by atoms with Crippen LogP contribution < -0.4 is 10.2 Å². The van der Waals surface area contributed by atoms with Crippen LogP contribution in [0.2, 0.25) is 0 Å². The van der Waals surface area contributed by atoms with Crippen molar-refractivity contribution >= 4 is 11.6 Å². The monoisotopic (exact) mass is 342 g/mol. The second-order valence-electron chi connectivity index (χ2n) is 6.54. The van der Waals surface area contributed by atoms with Crippen LogP contribution in [0.3, 0.4) is 0 Å². The van der Waals surface area contributed by atoms with Crippen LogP contribution in [0, 0.1) is 5.82 Å². The van der Waals surface area contributed by atoms with Crippen molar-refractivity contribution < 1.29 is 19.4 Å². The van der Waals surface area contributed by atoms with E-state index in [2.05, 4.69) is 5.32 Å². The van der Waals surface area contributed by atoms with Crippen molar-refractivity contribution in [3.63, 3.8) is 0 Å². The number of benzene rings is 2. The molecule has 6 heteroatoms. The van der Waals surface area contributed by atoms with Crippen LogP contribution in [-0.2, 0) is 11.2 Å².